The van der Waals surface area contributed by atoms with E-state index in [0.717, 1.165) is 23.2 Å². The molecule has 1 aliphatic rings. The number of esters is 1. The van der Waals surface area contributed by atoms with Gasteiger partial charge in [-0.3, -0.25) is 4.79 Å². The molecule has 2 aromatic carbocycles. The van der Waals surface area contributed by atoms with Crippen molar-refractivity contribution in [3.05, 3.63) is 66.4 Å². The van der Waals surface area contributed by atoms with E-state index >= 15 is 0 Å². The SMILES string of the molecule is COC(=O)C1CCCN1C(=O)/C=C/c1cn(-c2ccccc2)nc1-c1ccc(OC)c(OC)c1. The van der Waals surface area contributed by atoms with E-state index in [4.69, 9.17) is 19.3 Å². The molecule has 1 aromatic heterocycles. The molecular formula is C26H27N3O5. The second-order valence-corrected chi connectivity index (χ2v) is 7.83. The van der Waals surface area contributed by atoms with Gasteiger partial charge >= 0.3 is 5.97 Å². The zero-order valence-corrected chi connectivity index (χ0v) is 19.4. The van der Waals surface area contributed by atoms with Gasteiger partial charge in [-0.1, -0.05) is 18.2 Å². The van der Waals surface area contributed by atoms with Gasteiger partial charge in [-0.15, -0.1) is 0 Å². The van der Waals surface area contributed by atoms with Crippen molar-refractivity contribution in [3.8, 4) is 28.4 Å². The first-order valence-electron chi connectivity index (χ1n) is 11.0. The van der Waals surface area contributed by atoms with Crippen LogP contribution in [0.1, 0.15) is 18.4 Å². The van der Waals surface area contributed by atoms with Crippen molar-refractivity contribution in [1.29, 1.82) is 0 Å². The van der Waals surface area contributed by atoms with Crippen LogP contribution in [0.2, 0.25) is 0 Å². The van der Waals surface area contributed by atoms with E-state index in [2.05, 4.69) is 0 Å². The molecule has 0 bridgehead atoms. The summed E-state index contributed by atoms with van der Waals surface area (Å²) in [6.45, 7) is 0.523. The van der Waals surface area contributed by atoms with Gasteiger partial charge in [0, 0.05) is 29.9 Å². The lowest BCUT2D eigenvalue weighted by atomic mass is 10.1. The van der Waals surface area contributed by atoms with Gasteiger partial charge < -0.3 is 19.1 Å². The number of para-hydroxylation sites is 1. The molecule has 4 rings (SSSR count). The molecule has 1 aliphatic heterocycles. The number of aromatic nitrogens is 2. The van der Waals surface area contributed by atoms with E-state index in [0.29, 0.717) is 30.2 Å². The predicted molar refractivity (Wildman–Crippen MR) is 128 cm³/mol. The summed E-state index contributed by atoms with van der Waals surface area (Å²) in [7, 11) is 4.51. The number of amides is 1. The number of rotatable bonds is 7. The highest BCUT2D eigenvalue weighted by Gasteiger charge is 2.33. The number of carbonyl (C=O) groups is 2. The molecule has 1 saturated heterocycles. The molecule has 34 heavy (non-hydrogen) atoms. The Morgan fingerprint density at radius 2 is 1.79 bits per heavy atom. The molecule has 0 N–H and O–H groups in total. The molecule has 176 valence electrons. The summed E-state index contributed by atoms with van der Waals surface area (Å²) in [5, 5.41) is 4.78. The van der Waals surface area contributed by atoms with E-state index in [-0.39, 0.29) is 11.9 Å². The normalized spacial score (nSPS) is 15.5. The van der Waals surface area contributed by atoms with E-state index in [1.54, 1.807) is 29.9 Å². The second-order valence-electron chi connectivity index (χ2n) is 7.83. The summed E-state index contributed by atoms with van der Waals surface area (Å²) < 4.78 is 17.4. The van der Waals surface area contributed by atoms with Crippen LogP contribution in [-0.2, 0) is 14.3 Å². The van der Waals surface area contributed by atoms with Crippen LogP contribution in [0.25, 0.3) is 23.0 Å². The molecule has 3 aromatic rings. The van der Waals surface area contributed by atoms with Gasteiger partial charge in [0.15, 0.2) is 11.5 Å². The van der Waals surface area contributed by atoms with Crippen LogP contribution in [0.15, 0.2) is 60.8 Å². The number of ether oxygens (including phenoxy) is 3. The van der Waals surface area contributed by atoms with Crippen LogP contribution in [0.4, 0.5) is 0 Å². The van der Waals surface area contributed by atoms with Gasteiger partial charge in [-0.25, -0.2) is 9.48 Å². The quantitative estimate of drug-likeness (QED) is 0.394. The topological polar surface area (TPSA) is 82.9 Å². The predicted octanol–water partition coefficient (Wildman–Crippen LogP) is 3.73. The maximum atomic E-state index is 12.9. The highest BCUT2D eigenvalue weighted by atomic mass is 16.5. The van der Waals surface area contributed by atoms with Crippen molar-refractivity contribution < 1.29 is 23.8 Å². The van der Waals surface area contributed by atoms with Crippen molar-refractivity contribution in [1.82, 2.24) is 14.7 Å². The fourth-order valence-corrected chi connectivity index (χ4v) is 4.10. The minimum Gasteiger partial charge on any atom is -0.493 e. The summed E-state index contributed by atoms with van der Waals surface area (Å²) in [6, 6.07) is 14.7. The number of methoxy groups -OCH3 is 3. The Bertz CT molecular complexity index is 1200. The van der Waals surface area contributed by atoms with Crippen LogP contribution < -0.4 is 9.47 Å². The molecule has 0 radical (unpaired) electrons. The van der Waals surface area contributed by atoms with Crippen molar-refractivity contribution >= 4 is 18.0 Å². The van der Waals surface area contributed by atoms with Gasteiger partial charge in [-0.2, -0.15) is 5.10 Å². The number of carbonyl (C=O) groups excluding carboxylic acids is 2. The molecule has 2 heterocycles. The Balaban J connectivity index is 1.71. The summed E-state index contributed by atoms with van der Waals surface area (Å²) in [5.74, 6) is 0.572. The lowest BCUT2D eigenvalue weighted by molar-refractivity contribution is -0.149. The molecular weight excluding hydrogens is 434 g/mol. The Labute approximate surface area is 198 Å². The Morgan fingerprint density at radius 1 is 1.03 bits per heavy atom. The van der Waals surface area contributed by atoms with E-state index in [9.17, 15) is 9.59 Å². The summed E-state index contributed by atoms with van der Waals surface area (Å²) in [4.78, 5) is 26.5. The maximum Gasteiger partial charge on any atom is 0.328 e. The largest absolute Gasteiger partial charge is 0.493 e. The fraction of sp³-hybridized carbons (Fsp3) is 0.269. The molecule has 0 aliphatic carbocycles. The summed E-state index contributed by atoms with van der Waals surface area (Å²) in [5.41, 5.74) is 3.13. The molecule has 1 unspecified atom stereocenters. The van der Waals surface area contributed by atoms with Crippen molar-refractivity contribution in [2.75, 3.05) is 27.9 Å². The van der Waals surface area contributed by atoms with Crippen LogP contribution in [0.5, 0.6) is 11.5 Å². The van der Waals surface area contributed by atoms with Gasteiger partial charge in [0.25, 0.3) is 0 Å². The first-order valence-corrected chi connectivity index (χ1v) is 11.0. The number of nitrogens with zero attached hydrogens (tertiary/aromatic N) is 3. The number of benzene rings is 2. The van der Waals surface area contributed by atoms with Crippen LogP contribution in [-0.4, -0.2) is 60.5 Å². The summed E-state index contributed by atoms with van der Waals surface area (Å²) in [6.07, 6.45) is 6.45. The molecule has 0 saturated carbocycles. The maximum absolute atomic E-state index is 12.9. The molecule has 1 fully saturated rings. The molecule has 1 amide bonds. The standard InChI is InChI=1S/C26H27N3O5/c1-32-22-13-11-18(16-23(22)33-2)25-19(17-29(27-25)20-8-5-4-6-9-20)12-14-24(30)28-15-7-10-21(28)26(31)34-3/h4-6,8-9,11-14,16-17,21H,7,10,15H2,1-3H3/b14-12+. The first kappa shape index (κ1) is 23.1. The van der Waals surface area contributed by atoms with Gasteiger partial charge in [-0.05, 0) is 49.2 Å². The van der Waals surface area contributed by atoms with Crippen molar-refractivity contribution in [2.45, 2.75) is 18.9 Å². The molecule has 0 spiro atoms. The third kappa shape index (κ3) is 4.66. The average molecular weight is 462 g/mol. The van der Waals surface area contributed by atoms with E-state index in [1.807, 2.05) is 54.7 Å². The number of hydrogen-bond acceptors (Lipinski definition) is 6. The van der Waals surface area contributed by atoms with Crippen LogP contribution in [0.3, 0.4) is 0 Å². The van der Waals surface area contributed by atoms with Gasteiger partial charge in [0.2, 0.25) is 5.91 Å². The molecule has 8 nitrogen and oxygen atoms in total. The molecule has 1 atom stereocenters. The smallest absolute Gasteiger partial charge is 0.328 e. The number of hydrogen-bond donors (Lipinski definition) is 0. The van der Waals surface area contributed by atoms with Gasteiger partial charge in [0.05, 0.1) is 27.0 Å². The summed E-state index contributed by atoms with van der Waals surface area (Å²) >= 11 is 0. The fourth-order valence-electron chi connectivity index (χ4n) is 4.10. The van der Waals surface area contributed by atoms with Crippen LogP contribution >= 0.6 is 0 Å². The first-order chi connectivity index (χ1) is 16.5. The monoisotopic (exact) mass is 461 g/mol. The lowest BCUT2D eigenvalue weighted by Crippen LogP contribution is -2.40. The Morgan fingerprint density at radius 3 is 2.50 bits per heavy atom. The lowest BCUT2D eigenvalue weighted by Gasteiger charge is -2.20. The minimum atomic E-state index is -0.542. The van der Waals surface area contributed by atoms with E-state index < -0.39 is 6.04 Å². The number of likely N-dealkylation sites (tertiary alicyclic amines) is 1. The zero-order chi connectivity index (χ0) is 24.1. The zero-order valence-electron chi connectivity index (χ0n) is 19.4. The Kier molecular flexibility index (Phi) is 6.96. The van der Waals surface area contributed by atoms with Gasteiger partial charge in [0.1, 0.15) is 11.7 Å². The van der Waals surface area contributed by atoms with E-state index in [1.165, 1.54) is 13.2 Å². The molecule has 8 heteroatoms. The second kappa shape index (κ2) is 10.2. The Hall–Kier alpha value is -4.07. The van der Waals surface area contributed by atoms with Crippen molar-refractivity contribution in [3.63, 3.8) is 0 Å². The minimum absolute atomic E-state index is 0.237. The third-order valence-electron chi connectivity index (χ3n) is 5.83. The average Bonchev–Trinajstić information content (AvgIpc) is 3.55. The highest BCUT2D eigenvalue weighted by Crippen LogP contribution is 2.34. The van der Waals surface area contributed by atoms with Crippen LogP contribution in [0, 0.1) is 0 Å². The highest BCUT2D eigenvalue weighted by molar-refractivity contribution is 5.95. The third-order valence-corrected chi connectivity index (χ3v) is 5.83. The van der Waals surface area contributed by atoms with Crippen molar-refractivity contribution in [2.24, 2.45) is 0 Å².